The topological polar surface area (TPSA) is 0 Å². The van der Waals surface area contributed by atoms with Crippen molar-refractivity contribution in [3.8, 4) is 0 Å². The lowest BCUT2D eigenvalue weighted by molar-refractivity contribution is 0.491. The van der Waals surface area contributed by atoms with E-state index in [1.165, 1.54) is 6.92 Å². The van der Waals surface area contributed by atoms with Crippen LogP contribution in [0.15, 0.2) is 24.3 Å². The first-order chi connectivity index (χ1) is 14.0. The van der Waals surface area contributed by atoms with Crippen molar-refractivity contribution in [1.29, 1.82) is 0 Å². The highest BCUT2D eigenvalue weighted by Gasteiger charge is 2.38. The minimum Gasteiger partial charge on any atom is -0.208 e. The summed E-state index contributed by atoms with van der Waals surface area (Å²) >= 11 is -3.70. The molecule has 0 saturated heterocycles. The summed E-state index contributed by atoms with van der Waals surface area (Å²) < 4.78 is 113. The van der Waals surface area contributed by atoms with Gasteiger partial charge in [0.15, 0.2) is 23.3 Å². The maximum Gasteiger partial charge on any atom is 0.394 e. The van der Waals surface area contributed by atoms with Crippen molar-refractivity contribution in [2.75, 3.05) is 0 Å². The van der Waals surface area contributed by atoms with E-state index in [1.807, 2.05) is 0 Å². The fourth-order valence-corrected chi connectivity index (χ4v) is 7.23. The van der Waals surface area contributed by atoms with Crippen LogP contribution in [0.2, 0.25) is 0 Å². The number of rotatable bonds is 3. The minimum absolute atomic E-state index is 0.194. The molecule has 3 aromatic rings. The molecule has 0 nitrogen and oxygen atoms in total. The first-order valence-corrected chi connectivity index (χ1v) is 10.4. The maximum atomic E-state index is 14.8. The van der Waals surface area contributed by atoms with E-state index in [0.717, 1.165) is 19.9 Å². The molecule has 0 spiro atoms. The summed E-state index contributed by atoms with van der Waals surface area (Å²) in [5, 5.41) is 0. The summed E-state index contributed by atoms with van der Waals surface area (Å²) in [6.07, 6.45) is 0. The van der Waals surface area contributed by atoms with Crippen molar-refractivity contribution in [2.45, 2.75) is 20.8 Å². The van der Waals surface area contributed by atoms with Crippen molar-refractivity contribution < 1.29 is 35.1 Å². The SMILES string of the molecule is Cc1c(F)cc(F)c[c]1[Al]([c]1c(F)cc(F)c(F)c1C)[c]1c(F)cc(F)c(F)c1C. The Labute approximate surface area is 171 Å². The first-order valence-electron chi connectivity index (χ1n) is 8.69. The van der Waals surface area contributed by atoms with Gasteiger partial charge in [-0.05, 0) is 43.5 Å². The molecule has 30 heavy (non-hydrogen) atoms. The average molecular weight is 444 g/mol. The van der Waals surface area contributed by atoms with Gasteiger partial charge in [0.2, 0.25) is 0 Å². The molecule has 0 N–H and O–H groups in total. The predicted octanol–water partition coefficient (Wildman–Crippen LogP) is 4.24. The zero-order valence-electron chi connectivity index (χ0n) is 15.9. The molecule has 0 heterocycles. The highest BCUT2D eigenvalue weighted by Crippen LogP contribution is 2.18. The molecule has 0 aromatic heterocycles. The van der Waals surface area contributed by atoms with E-state index in [0.29, 0.717) is 6.07 Å². The van der Waals surface area contributed by atoms with Crippen molar-refractivity contribution in [1.82, 2.24) is 0 Å². The first kappa shape index (κ1) is 22.3. The van der Waals surface area contributed by atoms with E-state index >= 15 is 0 Å². The van der Waals surface area contributed by atoms with Crippen LogP contribution >= 0.6 is 0 Å². The van der Waals surface area contributed by atoms with Crippen LogP contribution < -0.4 is 13.3 Å². The van der Waals surface area contributed by atoms with Crippen molar-refractivity contribution in [2.24, 2.45) is 0 Å². The molecule has 3 aromatic carbocycles. The Kier molecular flexibility index (Phi) is 5.99. The van der Waals surface area contributed by atoms with Crippen LogP contribution in [0.1, 0.15) is 16.7 Å². The molecule has 0 atom stereocenters. The van der Waals surface area contributed by atoms with Crippen molar-refractivity contribution in [3.63, 3.8) is 0 Å². The molecule has 0 amide bonds. The van der Waals surface area contributed by atoms with Gasteiger partial charge < -0.3 is 0 Å². The van der Waals surface area contributed by atoms with Crippen LogP contribution in [0.25, 0.3) is 0 Å². The Morgan fingerprint density at radius 1 is 0.500 bits per heavy atom. The molecule has 156 valence electrons. The molecule has 0 aliphatic heterocycles. The van der Waals surface area contributed by atoms with Crippen molar-refractivity contribution in [3.05, 3.63) is 87.5 Å². The Morgan fingerprint density at radius 2 is 0.933 bits per heavy atom. The van der Waals surface area contributed by atoms with Crippen molar-refractivity contribution >= 4 is 27.4 Å². The van der Waals surface area contributed by atoms with Gasteiger partial charge in [0.1, 0.15) is 23.3 Å². The summed E-state index contributed by atoms with van der Waals surface area (Å²) in [7, 11) is 0. The summed E-state index contributed by atoms with van der Waals surface area (Å²) in [6, 6.07) is 1.83. The molecule has 3 rings (SSSR count). The minimum atomic E-state index is -3.70. The van der Waals surface area contributed by atoms with Crippen LogP contribution in [0.3, 0.4) is 0 Å². The van der Waals surface area contributed by atoms with E-state index in [9.17, 15) is 35.1 Å². The average Bonchev–Trinajstić information content (AvgIpc) is 2.66. The molecule has 0 saturated carbocycles. The molecule has 0 aliphatic carbocycles. The van der Waals surface area contributed by atoms with Gasteiger partial charge in [-0.1, -0.05) is 13.3 Å². The Balaban J connectivity index is 2.52. The van der Waals surface area contributed by atoms with Gasteiger partial charge in [-0.25, -0.2) is 35.1 Å². The Hall–Kier alpha value is -2.37. The van der Waals surface area contributed by atoms with Gasteiger partial charge in [-0.15, -0.1) is 0 Å². The van der Waals surface area contributed by atoms with E-state index in [2.05, 4.69) is 0 Å². The smallest absolute Gasteiger partial charge is 0.208 e. The lowest BCUT2D eigenvalue weighted by Crippen LogP contribution is -2.58. The third kappa shape index (κ3) is 3.61. The molecule has 0 bridgehead atoms. The van der Waals surface area contributed by atoms with E-state index in [4.69, 9.17) is 0 Å². The normalized spacial score (nSPS) is 11.2. The molecular weight excluding hydrogens is 431 g/mol. The van der Waals surface area contributed by atoms with E-state index in [1.54, 1.807) is 0 Å². The zero-order chi connectivity index (χ0) is 22.5. The second-order valence-electron chi connectivity index (χ2n) is 6.92. The summed E-state index contributed by atoms with van der Waals surface area (Å²) in [5.41, 5.74) is -1.28. The molecule has 0 unspecified atom stereocenters. The quantitative estimate of drug-likeness (QED) is 0.322. The fraction of sp³-hybridized carbons (Fsp3) is 0.143. The number of halogens is 8. The summed E-state index contributed by atoms with van der Waals surface area (Å²) in [4.78, 5) is 0. The molecular formula is C21H13AlF8. The number of hydrogen-bond acceptors (Lipinski definition) is 0. The van der Waals surface area contributed by atoms with Gasteiger partial charge >= 0.3 is 14.1 Å². The van der Waals surface area contributed by atoms with E-state index in [-0.39, 0.29) is 22.1 Å². The molecule has 9 heteroatoms. The standard InChI is InChI=1S/2C7H4F3.C7H5F2.Al/c2*1-4-2-5(8)3-6(9)7(4)10;1-5-2-3-6(8)4-7(5)9;/h2*3H,1H3;3-4H,1H3;. The van der Waals surface area contributed by atoms with E-state index < -0.39 is 80.7 Å². The maximum absolute atomic E-state index is 14.8. The van der Waals surface area contributed by atoms with Crippen LogP contribution in [0, 0.1) is 67.3 Å². The van der Waals surface area contributed by atoms with Crippen LogP contribution in [0.4, 0.5) is 35.1 Å². The molecule has 0 radical (unpaired) electrons. The fourth-order valence-electron chi connectivity index (χ4n) is 3.59. The highest BCUT2D eigenvalue weighted by molar-refractivity contribution is 6.96. The number of hydrogen-bond donors (Lipinski definition) is 0. The third-order valence-corrected chi connectivity index (χ3v) is 8.94. The number of benzene rings is 3. The third-order valence-electron chi connectivity index (χ3n) is 5.14. The summed E-state index contributed by atoms with van der Waals surface area (Å²) in [6.45, 7) is 3.26. The van der Waals surface area contributed by atoms with Gasteiger partial charge in [-0.2, -0.15) is 0 Å². The lowest BCUT2D eigenvalue weighted by atomic mass is 10.2. The molecule has 0 aliphatic rings. The Bertz CT molecular complexity index is 1110. The largest absolute Gasteiger partial charge is 0.394 e. The van der Waals surface area contributed by atoms with Crippen LogP contribution in [-0.4, -0.2) is 14.1 Å². The van der Waals surface area contributed by atoms with Gasteiger partial charge in [0, 0.05) is 18.2 Å². The molecule has 0 fully saturated rings. The van der Waals surface area contributed by atoms with Crippen LogP contribution in [-0.2, 0) is 0 Å². The summed E-state index contributed by atoms with van der Waals surface area (Å²) in [5.74, 6) is -10.6. The predicted molar refractivity (Wildman–Crippen MR) is 97.9 cm³/mol. The van der Waals surface area contributed by atoms with Crippen LogP contribution in [0.5, 0.6) is 0 Å². The highest BCUT2D eigenvalue weighted by atomic mass is 27.2. The second kappa shape index (κ2) is 8.05. The monoisotopic (exact) mass is 444 g/mol. The zero-order valence-corrected chi connectivity index (χ0v) is 17.1. The lowest BCUT2D eigenvalue weighted by Gasteiger charge is -2.22. The van der Waals surface area contributed by atoms with Gasteiger partial charge in [0.25, 0.3) is 0 Å². The van der Waals surface area contributed by atoms with Gasteiger partial charge in [-0.3, -0.25) is 0 Å². The second-order valence-corrected chi connectivity index (χ2v) is 9.56. The van der Waals surface area contributed by atoms with Gasteiger partial charge in [0.05, 0.1) is 0 Å². The Morgan fingerprint density at radius 3 is 1.37 bits per heavy atom.